The van der Waals surface area contributed by atoms with Crippen molar-refractivity contribution in [3.8, 4) is 0 Å². The van der Waals surface area contributed by atoms with Crippen LogP contribution in [0.25, 0.3) is 0 Å². The smallest absolute Gasteiger partial charge is 0.429 e. The number of hydrogen-bond donors (Lipinski definition) is 0. The molecule has 0 N–H and O–H groups in total. The Morgan fingerprint density at radius 3 is 2.70 bits per heavy atom. The Morgan fingerprint density at radius 2 is 1.96 bits per heavy atom. The van der Waals surface area contributed by atoms with Crippen LogP contribution in [0.3, 0.4) is 0 Å². The van der Waals surface area contributed by atoms with Crippen molar-refractivity contribution >= 4 is 12.1 Å². The summed E-state index contributed by atoms with van der Waals surface area (Å²) in [4.78, 5) is 32.1. The first-order valence-corrected chi connectivity index (χ1v) is 7.93. The van der Waals surface area contributed by atoms with Gasteiger partial charge in [0.2, 0.25) is 0 Å². The highest BCUT2D eigenvalue weighted by Gasteiger charge is 2.28. The van der Waals surface area contributed by atoms with Gasteiger partial charge in [-0.3, -0.25) is 4.89 Å². The average Bonchev–Trinajstić information content (AvgIpc) is 2.55. The van der Waals surface area contributed by atoms with Crippen LogP contribution in [0, 0.1) is 12.8 Å². The van der Waals surface area contributed by atoms with Gasteiger partial charge in [0.05, 0.1) is 10.6 Å². The molecule has 0 aliphatic heterocycles. The molecule has 0 spiro atoms. The van der Waals surface area contributed by atoms with Crippen LogP contribution in [0.5, 0.6) is 0 Å². The molecule has 1 aromatic carbocycles. The highest BCUT2D eigenvalue weighted by atomic mass is 17.5. The molecule has 1 aliphatic rings. The second-order valence-corrected chi connectivity index (χ2v) is 5.75. The van der Waals surface area contributed by atoms with Crippen molar-refractivity contribution in [3.63, 3.8) is 0 Å². The van der Waals surface area contributed by atoms with Gasteiger partial charge in [-0.2, -0.15) is 0 Å². The van der Waals surface area contributed by atoms with Gasteiger partial charge in [0.1, 0.15) is 6.10 Å². The summed E-state index contributed by atoms with van der Waals surface area (Å²) < 4.78 is 5.22. The van der Waals surface area contributed by atoms with Gasteiger partial charge in [0.25, 0.3) is 0 Å². The van der Waals surface area contributed by atoms with Crippen LogP contribution < -0.4 is 0 Å². The lowest BCUT2D eigenvalue weighted by Crippen LogP contribution is -2.30. The lowest BCUT2D eigenvalue weighted by Gasteiger charge is -2.29. The fraction of sp³-hybridized carbons (Fsp3) is 0.529. The molecule has 6 nitrogen and oxygen atoms in total. The highest BCUT2D eigenvalue weighted by molar-refractivity contribution is 5.89. The lowest BCUT2D eigenvalue weighted by atomic mass is 9.85. The Balaban J connectivity index is 1.73. The predicted molar refractivity (Wildman–Crippen MR) is 81.3 cm³/mol. The molecule has 0 bridgehead atoms. The summed E-state index contributed by atoms with van der Waals surface area (Å²) in [6.07, 6.45) is 3.82. The number of hydrogen-bond acceptors (Lipinski definition) is 6. The zero-order valence-electron chi connectivity index (χ0n) is 13.4. The van der Waals surface area contributed by atoms with Crippen LogP contribution in [0.1, 0.15) is 54.9 Å². The molecule has 2 atom stereocenters. The molecule has 0 saturated heterocycles. The number of benzene rings is 1. The third-order valence-corrected chi connectivity index (χ3v) is 4.08. The summed E-state index contributed by atoms with van der Waals surface area (Å²) in [5, 5.41) is 4.24. The van der Waals surface area contributed by atoms with Gasteiger partial charge in [-0.15, -0.1) is 0 Å². The standard InChI is InChI=1S/C17H22O6/c1-3-13-8-4-5-10-15(13)20-17(19)22-23-21-16(18)14-9-6-7-12(2)11-14/h6-7,9,11,13,15H,3-5,8,10H2,1-2H3. The van der Waals surface area contributed by atoms with E-state index >= 15 is 0 Å². The molecule has 2 rings (SSSR count). The van der Waals surface area contributed by atoms with E-state index in [1.54, 1.807) is 18.2 Å². The molecule has 6 heteroatoms. The number of carbonyl (C=O) groups is 2. The molecule has 0 aromatic heterocycles. The van der Waals surface area contributed by atoms with Crippen LogP contribution in [-0.2, 0) is 19.6 Å². The van der Waals surface area contributed by atoms with Crippen molar-refractivity contribution in [1.82, 2.24) is 0 Å². The third kappa shape index (κ3) is 5.25. The largest absolute Gasteiger partial charge is 0.543 e. The van der Waals surface area contributed by atoms with Gasteiger partial charge in [0.15, 0.2) is 0 Å². The van der Waals surface area contributed by atoms with Crippen LogP contribution in [-0.4, -0.2) is 18.2 Å². The monoisotopic (exact) mass is 322 g/mol. The van der Waals surface area contributed by atoms with Crippen LogP contribution >= 0.6 is 0 Å². The third-order valence-electron chi connectivity index (χ3n) is 4.08. The normalized spacial score (nSPS) is 20.6. The topological polar surface area (TPSA) is 71.1 Å². The zero-order chi connectivity index (χ0) is 16.7. The molecular formula is C17H22O6. The zero-order valence-corrected chi connectivity index (χ0v) is 13.4. The van der Waals surface area contributed by atoms with E-state index in [1.165, 1.54) is 0 Å². The van der Waals surface area contributed by atoms with Crippen molar-refractivity contribution in [1.29, 1.82) is 0 Å². The van der Waals surface area contributed by atoms with E-state index in [0.717, 1.165) is 37.7 Å². The van der Waals surface area contributed by atoms with E-state index in [-0.39, 0.29) is 6.10 Å². The summed E-state index contributed by atoms with van der Waals surface area (Å²) in [7, 11) is 0. The second kappa shape index (κ2) is 8.53. The van der Waals surface area contributed by atoms with Gasteiger partial charge < -0.3 is 4.74 Å². The van der Waals surface area contributed by atoms with Crippen molar-refractivity contribution in [2.75, 3.05) is 0 Å². The summed E-state index contributed by atoms with van der Waals surface area (Å²) in [6, 6.07) is 6.78. The van der Waals surface area contributed by atoms with Gasteiger partial charge in [0, 0.05) is 0 Å². The predicted octanol–water partition coefficient (Wildman–Crippen LogP) is 4.12. The fourth-order valence-electron chi connectivity index (χ4n) is 2.83. The second-order valence-electron chi connectivity index (χ2n) is 5.75. The van der Waals surface area contributed by atoms with Crippen LogP contribution in [0.2, 0.25) is 0 Å². The quantitative estimate of drug-likeness (QED) is 0.461. The van der Waals surface area contributed by atoms with Gasteiger partial charge in [-0.05, 0) is 50.7 Å². The van der Waals surface area contributed by atoms with E-state index in [2.05, 4.69) is 21.7 Å². The number of ether oxygens (including phenoxy) is 1. The molecule has 1 saturated carbocycles. The van der Waals surface area contributed by atoms with E-state index in [4.69, 9.17) is 4.74 Å². The van der Waals surface area contributed by atoms with E-state index in [0.29, 0.717) is 11.5 Å². The van der Waals surface area contributed by atoms with E-state index < -0.39 is 12.1 Å². The minimum absolute atomic E-state index is 0.169. The number of carbonyl (C=O) groups excluding carboxylic acids is 2. The Morgan fingerprint density at radius 1 is 1.17 bits per heavy atom. The highest BCUT2D eigenvalue weighted by Crippen LogP contribution is 2.29. The first-order valence-electron chi connectivity index (χ1n) is 7.93. The molecule has 2 unspecified atom stereocenters. The maximum absolute atomic E-state index is 11.7. The number of rotatable bonds is 5. The van der Waals surface area contributed by atoms with Crippen molar-refractivity contribution < 1.29 is 29.1 Å². The first-order chi connectivity index (χ1) is 11.1. The molecule has 0 heterocycles. The average molecular weight is 322 g/mol. The van der Waals surface area contributed by atoms with Gasteiger partial charge in [-0.25, -0.2) is 14.5 Å². The summed E-state index contributed by atoms with van der Waals surface area (Å²) in [5.41, 5.74) is 1.21. The van der Waals surface area contributed by atoms with Crippen molar-refractivity contribution in [2.24, 2.45) is 5.92 Å². The first kappa shape index (κ1) is 17.3. The molecule has 1 aliphatic carbocycles. The fourth-order valence-corrected chi connectivity index (χ4v) is 2.83. The molecule has 1 fully saturated rings. The molecule has 23 heavy (non-hydrogen) atoms. The molecule has 1 aromatic rings. The Kier molecular flexibility index (Phi) is 6.40. The van der Waals surface area contributed by atoms with E-state index in [9.17, 15) is 9.59 Å². The Bertz CT molecular complexity index is 542. The summed E-state index contributed by atoms with van der Waals surface area (Å²) in [6.45, 7) is 3.91. The minimum Gasteiger partial charge on any atom is -0.429 e. The Hall–Kier alpha value is -2.08. The molecule has 0 amide bonds. The molecular weight excluding hydrogens is 300 g/mol. The molecule has 0 radical (unpaired) electrons. The maximum Gasteiger partial charge on any atom is 0.543 e. The summed E-state index contributed by atoms with van der Waals surface area (Å²) >= 11 is 0. The van der Waals surface area contributed by atoms with Crippen molar-refractivity contribution in [2.45, 2.75) is 52.1 Å². The lowest BCUT2D eigenvalue weighted by molar-refractivity contribution is -0.453. The maximum atomic E-state index is 11.7. The summed E-state index contributed by atoms with van der Waals surface area (Å²) in [5.74, 6) is -0.406. The minimum atomic E-state index is -0.993. The van der Waals surface area contributed by atoms with Crippen LogP contribution in [0.15, 0.2) is 24.3 Å². The van der Waals surface area contributed by atoms with E-state index in [1.807, 2.05) is 13.0 Å². The number of aryl methyl sites for hydroxylation is 1. The van der Waals surface area contributed by atoms with Gasteiger partial charge >= 0.3 is 12.1 Å². The molecule has 126 valence electrons. The SMILES string of the molecule is CCC1CCCCC1OC(=O)OOOC(=O)c1cccc(C)c1. The van der Waals surface area contributed by atoms with Crippen molar-refractivity contribution in [3.05, 3.63) is 35.4 Å². The van der Waals surface area contributed by atoms with Gasteiger partial charge in [-0.1, -0.05) is 31.0 Å². The van der Waals surface area contributed by atoms with Crippen LogP contribution in [0.4, 0.5) is 4.79 Å². The Labute approximate surface area is 135 Å².